The standard InChI is InChI=1S/C5H12N2.CH2O2/c1-7(2)5-3-6-4-5;2-1-3/h5-6H,3-4H2,1-2H3;1H,(H,2,3). The van der Waals surface area contributed by atoms with Crippen molar-refractivity contribution in [3.8, 4) is 0 Å². The minimum Gasteiger partial charge on any atom is -0.483 e. The molecular formula is C6H14N2O2. The molecule has 4 heteroatoms. The Morgan fingerprint density at radius 3 is 2.00 bits per heavy atom. The van der Waals surface area contributed by atoms with E-state index in [1.54, 1.807) is 0 Å². The Kier molecular flexibility index (Phi) is 4.88. The zero-order valence-corrected chi connectivity index (χ0v) is 6.37. The summed E-state index contributed by atoms with van der Waals surface area (Å²) < 4.78 is 0. The summed E-state index contributed by atoms with van der Waals surface area (Å²) in [6.45, 7) is 2.10. The second-order valence-electron chi connectivity index (χ2n) is 2.38. The number of hydrogen-bond donors (Lipinski definition) is 2. The van der Waals surface area contributed by atoms with Crippen LogP contribution in [0.2, 0.25) is 0 Å². The zero-order chi connectivity index (χ0) is 7.98. The molecule has 0 radical (unpaired) electrons. The van der Waals surface area contributed by atoms with Crippen LogP contribution in [0.25, 0.3) is 0 Å². The number of carbonyl (C=O) groups is 1. The van der Waals surface area contributed by atoms with Crippen LogP contribution in [0.15, 0.2) is 0 Å². The van der Waals surface area contributed by atoms with Gasteiger partial charge in [-0.25, -0.2) is 0 Å². The third-order valence-electron chi connectivity index (χ3n) is 1.49. The van der Waals surface area contributed by atoms with Gasteiger partial charge in [0.25, 0.3) is 6.47 Å². The largest absolute Gasteiger partial charge is 0.483 e. The minimum atomic E-state index is -0.250. The number of rotatable bonds is 1. The summed E-state index contributed by atoms with van der Waals surface area (Å²) in [6.07, 6.45) is 0. The molecule has 0 aromatic rings. The molecule has 1 rings (SSSR count). The Morgan fingerprint density at radius 2 is 2.00 bits per heavy atom. The van der Waals surface area contributed by atoms with Crippen molar-refractivity contribution in [2.24, 2.45) is 0 Å². The topological polar surface area (TPSA) is 52.6 Å². The highest BCUT2D eigenvalue weighted by atomic mass is 16.3. The predicted molar refractivity (Wildman–Crippen MR) is 39.0 cm³/mol. The maximum Gasteiger partial charge on any atom is 0.290 e. The average Bonchev–Trinajstić information content (AvgIpc) is 1.59. The Morgan fingerprint density at radius 1 is 1.60 bits per heavy atom. The highest BCUT2D eigenvalue weighted by Crippen LogP contribution is 1.96. The van der Waals surface area contributed by atoms with Gasteiger partial charge in [-0.05, 0) is 14.1 Å². The summed E-state index contributed by atoms with van der Waals surface area (Å²) >= 11 is 0. The van der Waals surface area contributed by atoms with Crippen molar-refractivity contribution >= 4 is 6.47 Å². The molecule has 10 heavy (non-hydrogen) atoms. The molecule has 2 N–H and O–H groups in total. The molecule has 0 aromatic carbocycles. The van der Waals surface area contributed by atoms with Gasteiger partial charge in [0, 0.05) is 19.1 Å². The molecule has 0 atom stereocenters. The van der Waals surface area contributed by atoms with Gasteiger partial charge in [-0.3, -0.25) is 4.79 Å². The van der Waals surface area contributed by atoms with Crippen LogP contribution in [-0.4, -0.2) is 49.7 Å². The van der Waals surface area contributed by atoms with Gasteiger partial charge in [-0.1, -0.05) is 0 Å². The van der Waals surface area contributed by atoms with E-state index >= 15 is 0 Å². The van der Waals surface area contributed by atoms with Gasteiger partial charge in [-0.2, -0.15) is 0 Å². The predicted octanol–water partition coefficient (Wildman–Crippen LogP) is -0.779. The normalized spacial score (nSPS) is 17.1. The van der Waals surface area contributed by atoms with Gasteiger partial charge in [0.05, 0.1) is 0 Å². The van der Waals surface area contributed by atoms with Gasteiger partial charge in [0.15, 0.2) is 0 Å². The smallest absolute Gasteiger partial charge is 0.290 e. The molecule has 4 nitrogen and oxygen atoms in total. The van der Waals surface area contributed by atoms with E-state index < -0.39 is 0 Å². The van der Waals surface area contributed by atoms with Gasteiger partial charge < -0.3 is 15.3 Å². The average molecular weight is 146 g/mol. The summed E-state index contributed by atoms with van der Waals surface area (Å²) in [5.74, 6) is 0. The second-order valence-corrected chi connectivity index (χ2v) is 2.38. The highest BCUT2D eigenvalue weighted by molar-refractivity contribution is 5.32. The van der Waals surface area contributed by atoms with E-state index in [2.05, 4.69) is 24.3 Å². The summed E-state index contributed by atoms with van der Waals surface area (Å²) in [6, 6.07) is 0.806. The first-order valence-corrected chi connectivity index (χ1v) is 3.17. The van der Waals surface area contributed by atoms with E-state index in [0.29, 0.717) is 0 Å². The van der Waals surface area contributed by atoms with Gasteiger partial charge in [0.1, 0.15) is 0 Å². The molecule has 0 amide bonds. The second kappa shape index (κ2) is 5.20. The summed E-state index contributed by atoms with van der Waals surface area (Å²) in [7, 11) is 4.23. The Hall–Kier alpha value is -0.610. The molecule has 0 aromatic heterocycles. The molecule has 0 saturated carbocycles. The highest BCUT2D eigenvalue weighted by Gasteiger charge is 2.17. The van der Waals surface area contributed by atoms with E-state index in [1.165, 1.54) is 13.1 Å². The van der Waals surface area contributed by atoms with E-state index in [1.807, 2.05) is 0 Å². The molecule has 60 valence electrons. The summed E-state index contributed by atoms with van der Waals surface area (Å²) in [5.41, 5.74) is 0. The van der Waals surface area contributed by atoms with E-state index in [0.717, 1.165) is 6.04 Å². The third-order valence-corrected chi connectivity index (χ3v) is 1.49. The van der Waals surface area contributed by atoms with Crippen molar-refractivity contribution < 1.29 is 9.90 Å². The summed E-state index contributed by atoms with van der Waals surface area (Å²) in [4.78, 5) is 10.6. The van der Waals surface area contributed by atoms with Crippen LogP contribution in [0, 0.1) is 0 Å². The molecule has 1 fully saturated rings. The molecule has 0 unspecified atom stereocenters. The van der Waals surface area contributed by atoms with Crippen LogP contribution >= 0.6 is 0 Å². The van der Waals surface area contributed by atoms with E-state index in [9.17, 15) is 0 Å². The number of nitrogens with zero attached hydrogens (tertiary/aromatic N) is 1. The third kappa shape index (κ3) is 3.42. The SMILES string of the molecule is CN(C)C1CNC1.O=CO. The fourth-order valence-corrected chi connectivity index (χ4v) is 0.639. The van der Waals surface area contributed by atoms with Crippen molar-refractivity contribution in [3.63, 3.8) is 0 Å². The number of likely N-dealkylation sites (N-methyl/N-ethyl adjacent to an activating group) is 1. The summed E-state index contributed by atoms with van der Waals surface area (Å²) in [5, 5.41) is 10.1. The Balaban J connectivity index is 0.000000236. The first-order chi connectivity index (χ1) is 4.72. The van der Waals surface area contributed by atoms with E-state index in [-0.39, 0.29) is 6.47 Å². The molecule has 0 aliphatic carbocycles. The van der Waals surface area contributed by atoms with E-state index in [4.69, 9.17) is 9.90 Å². The van der Waals surface area contributed by atoms with Crippen molar-refractivity contribution in [3.05, 3.63) is 0 Å². The quantitative estimate of drug-likeness (QED) is 0.476. The lowest BCUT2D eigenvalue weighted by Gasteiger charge is -2.32. The van der Waals surface area contributed by atoms with Gasteiger partial charge in [0.2, 0.25) is 0 Å². The number of carboxylic acid groups (broad SMARTS) is 1. The number of hydrogen-bond acceptors (Lipinski definition) is 3. The minimum absolute atomic E-state index is 0.250. The zero-order valence-electron chi connectivity index (χ0n) is 6.37. The molecule has 0 bridgehead atoms. The maximum atomic E-state index is 8.36. The van der Waals surface area contributed by atoms with Crippen LogP contribution in [0.5, 0.6) is 0 Å². The van der Waals surface area contributed by atoms with Crippen LogP contribution < -0.4 is 5.32 Å². The van der Waals surface area contributed by atoms with Gasteiger partial charge >= 0.3 is 0 Å². The fraction of sp³-hybridized carbons (Fsp3) is 0.833. The van der Waals surface area contributed by atoms with Crippen LogP contribution in [-0.2, 0) is 4.79 Å². The molecule has 0 spiro atoms. The van der Waals surface area contributed by atoms with Crippen molar-refractivity contribution in [2.45, 2.75) is 6.04 Å². The molecular weight excluding hydrogens is 132 g/mol. The van der Waals surface area contributed by atoms with Crippen molar-refractivity contribution in [2.75, 3.05) is 27.2 Å². The lowest BCUT2D eigenvalue weighted by Crippen LogP contribution is -2.54. The Bertz CT molecular complexity index is 91.7. The fourth-order valence-electron chi connectivity index (χ4n) is 0.639. The van der Waals surface area contributed by atoms with Crippen LogP contribution in [0.4, 0.5) is 0 Å². The van der Waals surface area contributed by atoms with Crippen molar-refractivity contribution in [1.82, 2.24) is 10.2 Å². The molecule has 1 aliphatic heterocycles. The Labute approximate surface area is 60.8 Å². The molecule has 1 aliphatic rings. The monoisotopic (exact) mass is 146 g/mol. The lowest BCUT2D eigenvalue weighted by atomic mass is 10.2. The van der Waals surface area contributed by atoms with Crippen LogP contribution in [0.1, 0.15) is 0 Å². The first kappa shape index (κ1) is 9.39. The van der Waals surface area contributed by atoms with Crippen LogP contribution in [0.3, 0.4) is 0 Å². The number of nitrogens with one attached hydrogen (secondary N) is 1. The lowest BCUT2D eigenvalue weighted by molar-refractivity contribution is -0.122. The molecule has 1 saturated heterocycles. The maximum absolute atomic E-state index is 8.36. The first-order valence-electron chi connectivity index (χ1n) is 3.17. The van der Waals surface area contributed by atoms with Gasteiger partial charge in [-0.15, -0.1) is 0 Å². The molecule has 1 heterocycles. The van der Waals surface area contributed by atoms with Crippen molar-refractivity contribution in [1.29, 1.82) is 0 Å².